The Labute approximate surface area is 255 Å². The number of amides is 2. The third-order valence-corrected chi connectivity index (χ3v) is 8.28. The molecule has 0 bridgehead atoms. The van der Waals surface area contributed by atoms with Crippen LogP contribution in [0.4, 0.5) is 10.1 Å². The van der Waals surface area contributed by atoms with E-state index in [-0.39, 0.29) is 17.4 Å². The summed E-state index contributed by atoms with van der Waals surface area (Å²) in [6.07, 6.45) is 4.47. The molecule has 3 heterocycles. The minimum Gasteiger partial charge on any atom is -0.491 e. The van der Waals surface area contributed by atoms with E-state index in [9.17, 15) is 9.59 Å². The van der Waals surface area contributed by atoms with Crippen LogP contribution in [0.2, 0.25) is 0 Å². The van der Waals surface area contributed by atoms with Crippen molar-refractivity contribution in [3.05, 3.63) is 84.3 Å². The Morgan fingerprint density at radius 1 is 1.00 bits per heavy atom. The first-order chi connectivity index (χ1) is 21.5. The summed E-state index contributed by atoms with van der Waals surface area (Å²) >= 11 is 0. The molecule has 2 aliphatic rings. The minimum atomic E-state index is -0.808. The summed E-state index contributed by atoms with van der Waals surface area (Å²) in [5, 5.41) is 6.50. The Morgan fingerprint density at radius 2 is 1.80 bits per heavy atom. The normalized spacial score (nSPS) is 17.0. The Morgan fingerprint density at radius 3 is 2.57 bits per heavy atom. The Balaban J connectivity index is 1.11. The van der Waals surface area contributed by atoms with Crippen molar-refractivity contribution >= 4 is 28.4 Å². The standard InChI is InChI=1S/C34H35FN4O5/c1-42-32-30(43-21-22-11-15-36-16-12-22)10-8-26-28(13-17-37-31(26)32)44-29-9-7-25(19-27(29)35)38-33(40)34(41)39-18-14-24(20-39)23-5-3-2-4-6-23/h2-10,13,17,19,22,24,36H,11-12,14-16,18,20-21H2,1H3,(H,38,40). The Kier molecular flexibility index (Phi) is 8.88. The van der Waals surface area contributed by atoms with Crippen LogP contribution >= 0.6 is 0 Å². The van der Waals surface area contributed by atoms with Crippen LogP contribution in [-0.2, 0) is 9.59 Å². The van der Waals surface area contributed by atoms with Crippen molar-refractivity contribution in [2.45, 2.75) is 25.2 Å². The molecule has 0 spiro atoms. The second-order valence-electron chi connectivity index (χ2n) is 11.2. The van der Waals surface area contributed by atoms with Crippen LogP contribution in [0.3, 0.4) is 0 Å². The number of aromatic nitrogens is 1. The molecule has 6 rings (SSSR count). The maximum Gasteiger partial charge on any atom is 0.313 e. The number of nitrogens with one attached hydrogen (secondary N) is 2. The van der Waals surface area contributed by atoms with Crippen molar-refractivity contribution in [3.63, 3.8) is 0 Å². The zero-order valence-electron chi connectivity index (χ0n) is 24.6. The maximum atomic E-state index is 15.2. The topological polar surface area (TPSA) is 102 Å². The Hall–Kier alpha value is -4.70. The van der Waals surface area contributed by atoms with Gasteiger partial charge in [0.1, 0.15) is 11.3 Å². The molecule has 9 nitrogen and oxygen atoms in total. The van der Waals surface area contributed by atoms with Gasteiger partial charge in [0.25, 0.3) is 0 Å². The van der Waals surface area contributed by atoms with Crippen LogP contribution in [0.1, 0.15) is 30.7 Å². The summed E-state index contributed by atoms with van der Waals surface area (Å²) < 4.78 is 32.9. The van der Waals surface area contributed by atoms with Gasteiger partial charge < -0.3 is 29.7 Å². The summed E-state index contributed by atoms with van der Waals surface area (Å²) in [6.45, 7) is 3.52. The van der Waals surface area contributed by atoms with Crippen molar-refractivity contribution < 1.29 is 28.2 Å². The van der Waals surface area contributed by atoms with Crippen molar-refractivity contribution in [1.82, 2.24) is 15.2 Å². The highest BCUT2D eigenvalue weighted by Gasteiger charge is 2.31. The van der Waals surface area contributed by atoms with Gasteiger partial charge in [-0.05, 0) is 74.2 Å². The number of hydrogen-bond donors (Lipinski definition) is 2. The van der Waals surface area contributed by atoms with Crippen molar-refractivity contribution in [2.24, 2.45) is 5.92 Å². The molecule has 4 aromatic rings. The van der Waals surface area contributed by atoms with Gasteiger partial charge in [0.05, 0.1) is 13.7 Å². The zero-order chi connectivity index (χ0) is 30.5. The van der Waals surface area contributed by atoms with E-state index in [1.807, 2.05) is 42.5 Å². The van der Waals surface area contributed by atoms with Gasteiger partial charge in [-0.25, -0.2) is 4.39 Å². The third-order valence-electron chi connectivity index (χ3n) is 8.28. The second kappa shape index (κ2) is 13.3. The molecule has 44 heavy (non-hydrogen) atoms. The summed E-state index contributed by atoms with van der Waals surface area (Å²) in [5.74, 6) is -0.0723. The maximum absolute atomic E-state index is 15.2. The average molecular weight is 599 g/mol. The molecule has 0 aliphatic carbocycles. The highest BCUT2D eigenvalue weighted by atomic mass is 19.1. The van der Waals surface area contributed by atoms with Crippen molar-refractivity contribution in [1.29, 1.82) is 0 Å². The van der Waals surface area contributed by atoms with Crippen LogP contribution in [0.25, 0.3) is 10.9 Å². The van der Waals surface area contributed by atoms with Gasteiger partial charge in [-0.15, -0.1) is 0 Å². The van der Waals surface area contributed by atoms with Crippen molar-refractivity contribution in [3.8, 4) is 23.0 Å². The number of ether oxygens (including phenoxy) is 3. The fourth-order valence-corrected chi connectivity index (χ4v) is 5.85. The zero-order valence-corrected chi connectivity index (χ0v) is 24.6. The fraction of sp³-hybridized carbons (Fsp3) is 0.324. The lowest BCUT2D eigenvalue weighted by atomic mass is 9.99. The highest BCUT2D eigenvalue weighted by Crippen LogP contribution is 2.40. The Bertz CT molecular complexity index is 1640. The number of piperidine rings is 1. The summed E-state index contributed by atoms with van der Waals surface area (Å²) in [4.78, 5) is 31.5. The lowest BCUT2D eigenvalue weighted by Gasteiger charge is -2.23. The molecule has 3 aromatic carbocycles. The molecule has 228 valence electrons. The van der Waals surface area contributed by atoms with E-state index in [2.05, 4.69) is 15.6 Å². The predicted octanol–water partition coefficient (Wildman–Crippen LogP) is 5.51. The number of hydrogen-bond acceptors (Lipinski definition) is 7. The quantitative estimate of drug-likeness (QED) is 0.258. The van der Waals surface area contributed by atoms with Gasteiger partial charge in [-0.3, -0.25) is 14.6 Å². The molecule has 1 atom stereocenters. The number of carbonyl (C=O) groups excluding carboxylic acids is 2. The minimum absolute atomic E-state index is 0.0442. The summed E-state index contributed by atoms with van der Waals surface area (Å²) in [6, 6.07) is 19.2. The van der Waals surface area contributed by atoms with Crippen LogP contribution < -0.4 is 24.8 Å². The first kappa shape index (κ1) is 29.4. The monoisotopic (exact) mass is 598 g/mol. The largest absolute Gasteiger partial charge is 0.491 e. The molecule has 10 heteroatoms. The second-order valence-corrected chi connectivity index (χ2v) is 11.2. The number of fused-ring (bicyclic) bond motifs is 1. The molecule has 1 aromatic heterocycles. The van der Waals surface area contributed by atoms with Crippen LogP contribution in [0.5, 0.6) is 23.0 Å². The molecular weight excluding hydrogens is 563 g/mol. The first-order valence-corrected chi connectivity index (χ1v) is 14.9. The number of pyridine rings is 1. The highest BCUT2D eigenvalue weighted by molar-refractivity contribution is 6.39. The smallest absolute Gasteiger partial charge is 0.313 e. The van der Waals surface area contributed by atoms with Gasteiger partial charge in [-0.1, -0.05) is 30.3 Å². The third kappa shape index (κ3) is 6.45. The molecular formula is C34H35FN4O5. The lowest BCUT2D eigenvalue weighted by Crippen LogP contribution is -2.38. The van der Waals surface area contributed by atoms with E-state index in [0.29, 0.717) is 53.8 Å². The molecule has 1 unspecified atom stereocenters. The first-order valence-electron chi connectivity index (χ1n) is 14.9. The molecule has 2 amide bonds. The van der Waals surface area contributed by atoms with Gasteiger partial charge in [0.2, 0.25) is 0 Å². The van der Waals surface area contributed by atoms with E-state index in [1.165, 1.54) is 17.0 Å². The average Bonchev–Trinajstić information content (AvgIpc) is 3.56. The van der Waals surface area contributed by atoms with E-state index in [0.717, 1.165) is 44.0 Å². The molecule has 0 saturated carbocycles. The predicted molar refractivity (Wildman–Crippen MR) is 165 cm³/mol. The number of likely N-dealkylation sites (tertiary alicyclic amines) is 1. The molecule has 2 N–H and O–H groups in total. The summed E-state index contributed by atoms with van der Waals surface area (Å²) in [5.41, 5.74) is 1.83. The van der Waals surface area contributed by atoms with Crippen molar-refractivity contribution in [2.75, 3.05) is 45.2 Å². The van der Waals surface area contributed by atoms with Crippen LogP contribution in [0, 0.1) is 11.7 Å². The number of carbonyl (C=O) groups is 2. The molecule has 2 saturated heterocycles. The number of halogens is 1. The number of anilines is 1. The van der Waals surface area contributed by atoms with Gasteiger partial charge in [-0.2, -0.15) is 0 Å². The summed E-state index contributed by atoms with van der Waals surface area (Å²) in [7, 11) is 1.56. The molecule has 2 fully saturated rings. The fourth-order valence-electron chi connectivity index (χ4n) is 5.85. The SMILES string of the molecule is COc1c(OCC2CCNCC2)ccc2c(Oc3ccc(NC(=O)C(=O)N4CCC(c5ccccc5)C4)cc3F)ccnc12. The molecule has 0 radical (unpaired) electrons. The van der Waals surface area contributed by atoms with E-state index >= 15 is 4.39 Å². The number of benzene rings is 3. The number of methoxy groups -OCH3 is 1. The van der Waals surface area contributed by atoms with Gasteiger partial charge >= 0.3 is 11.8 Å². The van der Waals surface area contributed by atoms with Gasteiger partial charge in [0, 0.05) is 42.3 Å². The van der Waals surface area contributed by atoms with E-state index in [4.69, 9.17) is 14.2 Å². The lowest BCUT2D eigenvalue weighted by molar-refractivity contribution is -0.142. The van der Waals surface area contributed by atoms with E-state index in [1.54, 1.807) is 19.4 Å². The number of nitrogens with zero attached hydrogens (tertiary/aromatic N) is 2. The van der Waals surface area contributed by atoms with Crippen LogP contribution in [-0.4, -0.2) is 61.6 Å². The van der Waals surface area contributed by atoms with Gasteiger partial charge in [0.15, 0.2) is 23.1 Å². The van der Waals surface area contributed by atoms with Crippen LogP contribution in [0.15, 0.2) is 72.9 Å². The number of rotatable bonds is 8. The molecule has 2 aliphatic heterocycles. The van der Waals surface area contributed by atoms with E-state index < -0.39 is 17.6 Å².